The molecule has 0 unspecified atom stereocenters. The van der Waals surface area contributed by atoms with Gasteiger partial charge in [-0.3, -0.25) is 4.79 Å². The summed E-state index contributed by atoms with van der Waals surface area (Å²) in [6, 6.07) is 26.7. The first-order valence-electron chi connectivity index (χ1n) is 10.8. The number of rotatable bonds is 5. The highest BCUT2D eigenvalue weighted by Gasteiger charge is 2.23. The van der Waals surface area contributed by atoms with Crippen molar-refractivity contribution in [2.45, 2.75) is 19.8 Å². The number of fused-ring (bicyclic) bond motifs is 2. The fourth-order valence-electron chi connectivity index (χ4n) is 4.18. The zero-order chi connectivity index (χ0) is 21.2. The minimum absolute atomic E-state index is 0.0381. The average Bonchev–Trinajstić information content (AvgIpc) is 3.21. The number of pyridine rings is 1. The summed E-state index contributed by atoms with van der Waals surface area (Å²) in [5, 5.41) is 4.20. The van der Waals surface area contributed by atoms with Crippen LogP contribution < -0.4 is 10.2 Å². The molecule has 0 radical (unpaired) electrons. The number of hydrogen-bond acceptors (Lipinski definition) is 3. The maximum atomic E-state index is 12.5. The van der Waals surface area contributed by atoms with E-state index >= 15 is 0 Å². The molecule has 154 valence electrons. The van der Waals surface area contributed by atoms with Gasteiger partial charge in [0.1, 0.15) is 5.82 Å². The zero-order valence-electron chi connectivity index (χ0n) is 17.6. The van der Waals surface area contributed by atoms with Gasteiger partial charge in [0.25, 0.3) is 5.91 Å². The molecule has 5 rings (SSSR count). The molecule has 1 amide bonds. The number of nitrogens with one attached hydrogen (secondary N) is 1. The number of aryl methyl sites for hydroxylation is 1. The van der Waals surface area contributed by atoms with Gasteiger partial charge in [-0.15, -0.1) is 0 Å². The third kappa shape index (κ3) is 4.02. The van der Waals surface area contributed by atoms with Gasteiger partial charge < -0.3 is 10.2 Å². The first-order chi connectivity index (χ1) is 15.2. The quantitative estimate of drug-likeness (QED) is 0.494. The average molecular weight is 408 g/mol. The number of benzene rings is 3. The van der Waals surface area contributed by atoms with Gasteiger partial charge in [0.15, 0.2) is 0 Å². The molecule has 0 fully saturated rings. The molecule has 0 aliphatic carbocycles. The van der Waals surface area contributed by atoms with E-state index in [0.29, 0.717) is 12.1 Å². The third-order valence-electron chi connectivity index (χ3n) is 5.87. The summed E-state index contributed by atoms with van der Waals surface area (Å²) in [4.78, 5) is 19.7. The van der Waals surface area contributed by atoms with Crippen LogP contribution in [0.2, 0.25) is 0 Å². The molecule has 2 heterocycles. The van der Waals surface area contributed by atoms with Crippen LogP contribution in [0.15, 0.2) is 78.9 Å². The van der Waals surface area contributed by atoms with E-state index in [0.717, 1.165) is 36.4 Å². The first kappa shape index (κ1) is 19.3. The lowest BCUT2D eigenvalue weighted by atomic mass is 10.1. The van der Waals surface area contributed by atoms with Gasteiger partial charge >= 0.3 is 0 Å². The van der Waals surface area contributed by atoms with Gasteiger partial charge in [0.2, 0.25) is 0 Å². The molecule has 3 aromatic carbocycles. The van der Waals surface area contributed by atoms with Crippen LogP contribution >= 0.6 is 0 Å². The second-order valence-electron chi connectivity index (χ2n) is 8.11. The molecule has 4 heteroatoms. The van der Waals surface area contributed by atoms with E-state index in [2.05, 4.69) is 53.5 Å². The number of aromatic nitrogens is 1. The predicted molar refractivity (Wildman–Crippen MR) is 126 cm³/mol. The summed E-state index contributed by atoms with van der Waals surface area (Å²) in [5.74, 6) is 0.988. The highest BCUT2D eigenvalue weighted by Crippen LogP contribution is 2.35. The van der Waals surface area contributed by atoms with Crippen molar-refractivity contribution in [3.8, 4) is 0 Å². The van der Waals surface area contributed by atoms with E-state index in [-0.39, 0.29) is 5.91 Å². The molecule has 1 aromatic heterocycles. The van der Waals surface area contributed by atoms with Gasteiger partial charge in [0, 0.05) is 29.7 Å². The molecular formula is C27H25N3O. The molecule has 4 nitrogen and oxygen atoms in total. The Labute approximate surface area is 182 Å². The van der Waals surface area contributed by atoms with E-state index in [4.69, 9.17) is 4.98 Å². The lowest BCUT2D eigenvalue weighted by Crippen LogP contribution is -2.25. The summed E-state index contributed by atoms with van der Waals surface area (Å²) in [7, 11) is 0. The maximum absolute atomic E-state index is 12.5. The molecular weight excluding hydrogens is 382 g/mol. The van der Waals surface area contributed by atoms with E-state index in [1.165, 1.54) is 22.1 Å². The molecule has 1 aliphatic rings. The number of hydrogen-bond donors (Lipinski definition) is 1. The lowest BCUT2D eigenvalue weighted by molar-refractivity contribution is 0.0954. The third-order valence-corrected chi connectivity index (χ3v) is 5.87. The molecule has 1 N–H and O–H groups in total. The van der Waals surface area contributed by atoms with Crippen LogP contribution in [0.3, 0.4) is 0 Å². The number of anilines is 2. The van der Waals surface area contributed by atoms with Gasteiger partial charge in [0.05, 0.1) is 5.52 Å². The van der Waals surface area contributed by atoms with Crippen molar-refractivity contribution in [3.05, 3.63) is 101 Å². The second-order valence-corrected chi connectivity index (χ2v) is 8.11. The fraction of sp³-hybridized carbons (Fsp3) is 0.185. The van der Waals surface area contributed by atoms with Crippen LogP contribution in [0.5, 0.6) is 0 Å². The monoisotopic (exact) mass is 407 g/mol. The van der Waals surface area contributed by atoms with Crippen molar-refractivity contribution >= 4 is 28.3 Å². The topological polar surface area (TPSA) is 45.2 Å². The minimum atomic E-state index is -0.0381. The van der Waals surface area contributed by atoms with Crippen molar-refractivity contribution in [2.24, 2.45) is 0 Å². The van der Waals surface area contributed by atoms with Crippen LogP contribution in [0, 0.1) is 6.92 Å². The van der Waals surface area contributed by atoms with Crippen LogP contribution in [-0.4, -0.2) is 24.0 Å². The molecule has 1 aliphatic heterocycles. The fourth-order valence-corrected chi connectivity index (χ4v) is 4.18. The highest BCUT2D eigenvalue weighted by molar-refractivity contribution is 5.94. The molecule has 0 bridgehead atoms. The van der Waals surface area contributed by atoms with Crippen molar-refractivity contribution in [3.63, 3.8) is 0 Å². The van der Waals surface area contributed by atoms with E-state index in [1.807, 2.05) is 42.5 Å². The Balaban J connectivity index is 1.29. The van der Waals surface area contributed by atoms with Crippen molar-refractivity contribution in [2.75, 3.05) is 18.0 Å². The lowest BCUT2D eigenvalue weighted by Gasteiger charge is -2.19. The smallest absolute Gasteiger partial charge is 0.251 e. The predicted octanol–water partition coefficient (Wildman–Crippen LogP) is 5.21. The van der Waals surface area contributed by atoms with Crippen LogP contribution in [0.25, 0.3) is 10.9 Å². The normalized spacial score (nSPS) is 12.7. The van der Waals surface area contributed by atoms with Crippen molar-refractivity contribution in [1.82, 2.24) is 10.3 Å². The SMILES string of the molecule is Cc1ccc2cc3c(nc2c1)N(c1ccc(C(=O)NCCc2ccccc2)cc1)CC3. The van der Waals surface area contributed by atoms with Gasteiger partial charge in [-0.1, -0.05) is 42.5 Å². The Hall–Kier alpha value is -3.66. The van der Waals surface area contributed by atoms with Gasteiger partial charge in [-0.25, -0.2) is 4.98 Å². The Kier molecular flexibility index (Phi) is 5.13. The van der Waals surface area contributed by atoms with E-state index < -0.39 is 0 Å². The number of nitrogens with zero attached hydrogens (tertiary/aromatic N) is 2. The summed E-state index contributed by atoms with van der Waals surface area (Å²) < 4.78 is 0. The Bertz CT molecular complexity index is 1230. The first-order valence-corrected chi connectivity index (χ1v) is 10.8. The molecule has 0 saturated carbocycles. The van der Waals surface area contributed by atoms with Crippen LogP contribution in [0.1, 0.15) is 27.0 Å². The Morgan fingerprint density at radius 3 is 2.61 bits per heavy atom. The summed E-state index contributed by atoms with van der Waals surface area (Å²) in [6.07, 6.45) is 1.81. The minimum Gasteiger partial charge on any atom is -0.352 e. The van der Waals surface area contributed by atoms with Crippen molar-refractivity contribution < 1.29 is 4.79 Å². The molecule has 4 aromatic rings. The summed E-state index contributed by atoms with van der Waals surface area (Å²) >= 11 is 0. The molecule has 31 heavy (non-hydrogen) atoms. The van der Waals surface area contributed by atoms with E-state index in [9.17, 15) is 4.79 Å². The number of carbonyl (C=O) groups is 1. The standard InChI is InChI=1S/C27H25N3O/c1-19-7-8-22-18-23-14-16-30(26(23)29-25(22)17-19)24-11-9-21(10-12-24)27(31)28-15-13-20-5-3-2-4-6-20/h2-12,17-18H,13-16H2,1H3,(H,28,31). The second kappa shape index (κ2) is 8.23. The largest absolute Gasteiger partial charge is 0.352 e. The maximum Gasteiger partial charge on any atom is 0.251 e. The molecule has 0 saturated heterocycles. The van der Waals surface area contributed by atoms with Crippen LogP contribution in [0.4, 0.5) is 11.5 Å². The molecule has 0 atom stereocenters. The summed E-state index contributed by atoms with van der Waals surface area (Å²) in [5.41, 5.74) is 6.49. The van der Waals surface area contributed by atoms with Crippen LogP contribution in [-0.2, 0) is 12.8 Å². The van der Waals surface area contributed by atoms with Crippen molar-refractivity contribution in [1.29, 1.82) is 0 Å². The van der Waals surface area contributed by atoms with Gasteiger partial charge in [-0.05, 0) is 72.9 Å². The Morgan fingerprint density at radius 2 is 1.81 bits per heavy atom. The zero-order valence-corrected chi connectivity index (χ0v) is 17.6. The molecule has 0 spiro atoms. The Morgan fingerprint density at radius 1 is 1.00 bits per heavy atom. The highest BCUT2D eigenvalue weighted by atomic mass is 16.1. The summed E-state index contributed by atoms with van der Waals surface area (Å²) in [6.45, 7) is 3.62. The number of amides is 1. The van der Waals surface area contributed by atoms with E-state index in [1.54, 1.807) is 0 Å². The van der Waals surface area contributed by atoms with Gasteiger partial charge in [-0.2, -0.15) is 0 Å². The number of carbonyl (C=O) groups excluding carboxylic acids is 1.